The van der Waals surface area contributed by atoms with Crippen LogP contribution in [-0.4, -0.2) is 0 Å². The first-order valence-corrected chi connectivity index (χ1v) is 7.07. The number of hydrogen-bond acceptors (Lipinski definition) is 0. The van der Waals surface area contributed by atoms with E-state index in [0.717, 1.165) is 29.1 Å². The van der Waals surface area contributed by atoms with E-state index in [2.05, 4.69) is 12.2 Å². The minimum Gasteiger partial charge on any atom is -0.0879 e. The van der Waals surface area contributed by atoms with Crippen molar-refractivity contribution in [1.82, 2.24) is 0 Å². The van der Waals surface area contributed by atoms with E-state index in [9.17, 15) is 0 Å². The fourth-order valence-electron chi connectivity index (χ4n) is 5.83. The summed E-state index contributed by atoms with van der Waals surface area (Å²) in [5.74, 6) is 4.34. The molecule has 0 heterocycles. The molecule has 4 aliphatic carbocycles. The van der Waals surface area contributed by atoms with Gasteiger partial charge in [-0.05, 0) is 67.6 Å². The maximum absolute atomic E-state index is 2.56. The Hall–Kier alpha value is -0.260. The van der Waals surface area contributed by atoms with Crippen LogP contribution >= 0.6 is 0 Å². The molecule has 3 fully saturated rings. The summed E-state index contributed by atoms with van der Waals surface area (Å²) in [6.45, 7) is 0. The van der Waals surface area contributed by atoms with Crippen LogP contribution in [-0.2, 0) is 0 Å². The Balaban J connectivity index is 1.72. The van der Waals surface area contributed by atoms with Gasteiger partial charge in [-0.3, -0.25) is 0 Å². The minimum atomic E-state index is 0.846. The molecule has 15 heavy (non-hydrogen) atoms. The van der Waals surface area contributed by atoms with Crippen LogP contribution < -0.4 is 0 Å². The van der Waals surface area contributed by atoms with Crippen molar-refractivity contribution >= 4 is 0 Å². The lowest BCUT2D eigenvalue weighted by atomic mass is 9.64. The van der Waals surface area contributed by atoms with Gasteiger partial charge in [-0.1, -0.05) is 25.0 Å². The highest BCUT2D eigenvalue weighted by Gasteiger charge is 2.59. The number of fused-ring (bicyclic) bond motifs is 2. The Bertz CT molecular complexity index is 303. The van der Waals surface area contributed by atoms with Crippen LogP contribution in [0.15, 0.2) is 12.2 Å². The second kappa shape index (κ2) is 2.90. The van der Waals surface area contributed by atoms with E-state index in [1.165, 1.54) is 19.3 Å². The molecule has 0 saturated heterocycles. The lowest BCUT2D eigenvalue weighted by Crippen LogP contribution is -2.32. The fraction of sp³-hybridized carbons (Fsp3) is 0.867. The van der Waals surface area contributed by atoms with E-state index < -0.39 is 0 Å². The largest absolute Gasteiger partial charge is 0.0879 e. The minimum absolute atomic E-state index is 0.846. The molecule has 4 aliphatic rings. The van der Waals surface area contributed by atoms with Crippen LogP contribution in [0.5, 0.6) is 0 Å². The number of hydrogen-bond donors (Lipinski definition) is 0. The number of rotatable bonds is 0. The number of allylic oxidation sites excluding steroid dienone is 2. The molecule has 0 amide bonds. The Morgan fingerprint density at radius 2 is 2.07 bits per heavy atom. The molecular weight excluding hydrogens is 180 g/mol. The van der Waals surface area contributed by atoms with Gasteiger partial charge < -0.3 is 0 Å². The predicted octanol–water partition coefficient (Wildman–Crippen LogP) is 4.17. The standard InChI is InChI=1S/C15H22/c1-2-9-15-10-11-4-3-6-13(11)14(15)8-7-12(15)5-1/h3-4,11-14H,1-2,5-10H2. The highest BCUT2D eigenvalue weighted by Crippen LogP contribution is 2.68. The maximum Gasteiger partial charge on any atom is -0.0194 e. The molecule has 0 heteroatoms. The van der Waals surface area contributed by atoms with E-state index in [4.69, 9.17) is 0 Å². The molecule has 0 aromatic rings. The van der Waals surface area contributed by atoms with Crippen molar-refractivity contribution in [2.45, 2.75) is 51.4 Å². The summed E-state index contributed by atoms with van der Waals surface area (Å²) in [4.78, 5) is 0. The Labute approximate surface area is 93.1 Å². The third-order valence-electron chi connectivity index (χ3n) is 6.30. The summed E-state index contributed by atoms with van der Waals surface area (Å²) in [5, 5.41) is 0. The van der Waals surface area contributed by atoms with Gasteiger partial charge >= 0.3 is 0 Å². The zero-order valence-corrected chi connectivity index (χ0v) is 9.62. The summed E-state index contributed by atoms with van der Waals surface area (Å²) in [6, 6.07) is 0. The van der Waals surface area contributed by atoms with Gasteiger partial charge in [-0.15, -0.1) is 0 Å². The van der Waals surface area contributed by atoms with Crippen LogP contribution in [0.2, 0.25) is 0 Å². The van der Waals surface area contributed by atoms with Gasteiger partial charge in [0.05, 0.1) is 0 Å². The van der Waals surface area contributed by atoms with Gasteiger partial charge in [0.1, 0.15) is 0 Å². The summed E-state index contributed by atoms with van der Waals surface area (Å²) in [7, 11) is 0. The topological polar surface area (TPSA) is 0 Å². The van der Waals surface area contributed by atoms with Gasteiger partial charge in [-0.25, -0.2) is 0 Å². The molecular formula is C15H22. The Kier molecular flexibility index (Phi) is 1.71. The maximum atomic E-state index is 2.56. The van der Waals surface area contributed by atoms with Crippen LogP contribution in [0.3, 0.4) is 0 Å². The molecule has 0 aromatic heterocycles. The predicted molar refractivity (Wildman–Crippen MR) is 62.5 cm³/mol. The molecule has 0 bridgehead atoms. The van der Waals surface area contributed by atoms with E-state index in [-0.39, 0.29) is 0 Å². The summed E-state index contributed by atoms with van der Waals surface area (Å²) >= 11 is 0. The van der Waals surface area contributed by atoms with Crippen molar-refractivity contribution in [1.29, 1.82) is 0 Å². The first kappa shape index (κ1) is 8.84. The molecule has 0 radical (unpaired) electrons. The van der Waals surface area contributed by atoms with E-state index in [1.54, 1.807) is 32.1 Å². The molecule has 5 atom stereocenters. The molecule has 0 aliphatic heterocycles. The SMILES string of the molecule is C1=CC2CC34CCCCC3CCC4C2C1. The molecule has 82 valence electrons. The van der Waals surface area contributed by atoms with E-state index in [0.29, 0.717) is 0 Å². The Morgan fingerprint density at radius 1 is 1.07 bits per heavy atom. The van der Waals surface area contributed by atoms with Crippen LogP contribution in [0, 0.1) is 29.1 Å². The molecule has 5 unspecified atom stereocenters. The van der Waals surface area contributed by atoms with E-state index in [1.807, 2.05) is 0 Å². The normalized spacial score (nSPS) is 56.5. The third-order valence-corrected chi connectivity index (χ3v) is 6.30. The zero-order chi connectivity index (χ0) is 9.88. The van der Waals surface area contributed by atoms with Crippen molar-refractivity contribution < 1.29 is 0 Å². The summed E-state index contributed by atoms with van der Waals surface area (Å²) in [5.41, 5.74) is 0.846. The van der Waals surface area contributed by atoms with Crippen molar-refractivity contribution in [2.24, 2.45) is 29.1 Å². The lowest BCUT2D eigenvalue weighted by molar-refractivity contribution is 0.0906. The average Bonchev–Trinajstić information content (AvgIpc) is 2.84. The van der Waals surface area contributed by atoms with Crippen molar-refractivity contribution in [3.05, 3.63) is 12.2 Å². The smallest absolute Gasteiger partial charge is 0.0194 e. The average molecular weight is 202 g/mol. The molecule has 4 rings (SSSR count). The van der Waals surface area contributed by atoms with Crippen molar-refractivity contribution in [3.8, 4) is 0 Å². The van der Waals surface area contributed by atoms with E-state index >= 15 is 0 Å². The summed E-state index contributed by atoms with van der Waals surface area (Å²) in [6.07, 6.45) is 17.4. The van der Waals surface area contributed by atoms with Gasteiger partial charge in [0, 0.05) is 0 Å². The first-order valence-electron chi connectivity index (χ1n) is 7.07. The molecule has 1 spiro atoms. The van der Waals surface area contributed by atoms with Crippen molar-refractivity contribution in [3.63, 3.8) is 0 Å². The molecule has 0 nitrogen and oxygen atoms in total. The van der Waals surface area contributed by atoms with Gasteiger partial charge in [0.25, 0.3) is 0 Å². The molecule has 0 N–H and O–H groups in total. The second-order valence-electron chi connectivity index (χ2n) is 6.56. The van der Waals surface area contributed by atoms with Gasteiger partial charge in [0.2, 0.25) is 0 Å². The van der Waals surface area contributed by atoms with Gasteiger partial charge in [0.15, 0.2) is 0 Å². The zero-order valence-electron chi connectivity index (χ0n) is 9.62. The monoisotopic (exact) mass is 202 g/mol. The van der Waals surface area contributed by atoms with Gasteiger partial charge in [-0.2, -0.15) is 0 Å². The Morgan fingerprint density at radius 3 is 3.07 bits per heavy atom. The molecule has 3 saturated carbocycles. The lowest BCUT2D eigenvalue weighted by Gasteiger charge is -2.41. The fourth-order valence-corrected chi connectivity index (χ4v) is 5.83. The van der Waals surface area contributed by atoms with Crippen LogP contribution in [0.25, 0.3) is 0 Å². The quantitative estimate of drug-likeness (QED) is 0.517. The first-order chi connectivity index (χ1) is 7.40. The third kappa shape index (κ3) is 0.990. The highest BCUT2D eigenvalue weighted by atomic mass is 14.6. The van der Waals surface area contributed by atoms with Crippen molar-refractivity contribution in [2.75, 3.05) is 0 Å². The van der Waals surface area contributed by atoms with Crippen LogP contribution in [0.1, 0.15) is 51.4 Å². The van der Waals surface area contributed by atoms with Crippen LogP contribution in [0.4, 0.5) is 0 Å². The second-order valence-corrected chi connectivity index (χ2v) is 6.56. The molecule has 0 aromatic carbocycles. The summed E-state index contributed by atoms with van der Waals surface area (Å²) < 4.78 is 0. The highest BCUT2D eigenvalue weighted by molar-refractivity contribution is 5.16.